The van der Waals surface area contributed by atoms with Crippen molar-refractivity contribution in [1.29, 1.82) is 0 Å². The highest BCUT2D eigenvalue weighted by atomic mass is 32.2. The van der Waals surface area contributed by atoms with Gasteiger partial charge in [-0.2, -0.15) is 0 Å². The number of hydrogen-bond donors (Lipinski definition) is 2. The van der Waals surface area contributed by atoms with E-state index in [4.69, 9.17) is 10.9 Å². The summed E-state index contributed by atoms with van der Waals surface area (Å²) in [5, 5.41) is 4.80. The van der Waals surface area contributed by atoms with E-state index >= 15 is 0 Å². The third-order valence-corrected chi connectivity index (χ3v) is 2.11. The van der Waals surface area contributed by atoms with Crippen LogP contribution in [-0.4, -0.2) is 20.2 Å². The van der Waals surface area contributed by atoms with Gasteiger partial charge in [0.1, 0.15) is 0 Å². The van der Waals surface area contributed by atoms with Gasteiger partial charge in [0.2, 0.25) is 10.0 Å². The van der Waals surface area contributed by atoms with Crippen LogP contribution in [0.4, 0.5) is 0 Å². The Kier molecular flexibility index (Phi) is 3.99. The minimum Gasteiger partial charge on any atom is -0.327 e. The van der Waals surface area contributed by atoms with Crippen LogP contribution in [0.1, 0.15) is 20.3 Å². The Labute approximate surface area is 68.0 Å². The van der Waals surface area contributed by atoms with Gasteiger partial charge in [0.05, 0.1) is 5.75 Å². The molecule has 68 valence electrons. The lowest BCUT2D eigenvalue weighted by atomic mass is 10.1. The van der Waals surface area contributed by atoms with Crippen LogP contribution in [-0.2, 0) is 10.0 Å². The second-order valence-corrected chi connectivity index (χ2v) is 4.88. The van der Waals surface area contributed by atoms with E-state index in [-0.39, 0.29) is 11.8 Å². The lowest BCUT2D eigenvalue weighted by Gasteiger charge is -2.11. The summed E-state index contributed by atoms with van der Waals surface area (Å²) in [5.41, 5.74) is 5.50. The van der Waals surface area contributed by atoms with Crippen LogP contribution in [0.3, 0.4) is 0 Å². The molecule has 0 aromatic carbocycles. The maximum atomic E-state index is 10.5. The van der Waals surface area contributed by atoms with Gasteiger partial charge in [-0.05, 0) is 12.3 Å². The molecule has 0 amide bonds. The molecule has 0 heterocycles. The van der Waals surface area contributed by atoms with Crippen molar-refractivity contribution in [2.75, 3.05) is 5.75 Å². The molecule has 0 aromatic rings. The quantitative estimate of drug-likeness (QED) is 0.620. The molecule has 0 radical (unpaired) electrons. The summed E-state index contributed by atoms with van der Waals surface area (Å²) in [7, 11) is -3.39. The predicted molar refractivity (Wildman–Crippen MR) is 45.4 cm³/mol. The standard InChI is InChI=1S/C6H16N2O2S/c1-5(2)3-6(7)4-11(8,9)10/h5-6H,3-4,7H2,1-2H3,(H2,8,9,10). The molecule has 4 N–H and O–H groups in total. The van der Waals surface area contributed by atoms with E-state index in [0.717, 1.165) is 0 Å². The average Bonchev–Trinajstić information content (AvgIpc) is 1.53. The molecule has 11 heavy (non-hydrogen) atoms. The minimum absolute atomic E-state index is 0.120. The first kappa shape index (κ1) is 10.9. The van der Waals surface area contributed by atoms with Crippen molar-refractivity contribution in [3.63, 3.8) is 0 Å². The van der Waals surface area contributed by atoms with Crippen molar-refractivity contribution in [3.8, 4) is 0 Å². The minimum atomic E-state index is -3.39. The van der Waals surface area contributed by atoms with Gasteiger partial charge in [-0.1, -0.05) is 13.8 Å². The van der Waals surface area contributed by atoms with Crippen LogP contribution >= 0.6 is 0 Å². The van der Waals surface area contributed by atoms with E-state index in [0.29, 0.717) is 12.3 Å². The zero-order chi connectivity index (χ0) is 9.07. The molecule has 1 unspecified atom stereocenters. The molecular weight excluding hydrogens is 164 g/mol. The number of primary sulfonamides is 1. The summed E-state index contributed by atoms with van der Waals surface area (Å²) in [5.74, 6) is 0.289. The molecule has 0 aliphatic carbocycles. The van der Waals surface area contributed by atoms with Crippen LogP contribution < -0.4 is 10.9 Å². The highest BCUT2D eigenvalue weighted by Crippen LogP contribution is 2.03. The van der Waals surface area contributed by atoms with Gasteiger partial charge >= 0.3 is 0 Å². The molecule has 0 saturated heterocycles. The molecule has 0 aliphatic heterocycles. The van der Waals surface area contributed by atoms with Crippen molar-refractivity contribution in [3.05, 3.63) is 0 Å². The van der Waals surface area contributed by atoms with E-state index < -0.39 is 10.0 Å². The SMILES string of the molecule is CC(C)CC(N)CS(N)(=O)=O. The first-order chi connectivity index (χ1) is 4.81. The molecule has 0 saturated carbocycles. The molecule has 4 nitrogen and oxygen atoms in total. The molecule has 0 rings (SSSR count). The van der Waals surface area contributed by atoms with Crippen molar-refractivity contribution in [2.24, 2.45) is 16.8 Å². The van der Waals surface area contributed by atoms with Gasteiger partial charge in [0.25, 0.3) is 0 Å². The summed E-state index contributed by atoms with van der Waals surface area (Å²) >= 11 is 0. The van der Waals surface area contributed by atoms with E-state index in [1.165, 1.54) is 0 Å². The monoisotopic (exact) mass is 180 g/mol. The van der Waals surface area contributed by atoms with Crippen LogP contribution in [0.2, 0.25) is 0 Å². The van der Waals surface area contributed by atoms with Gasteiger partial charge in [-0.25, -0.2) is 13.6 Å². The average molecular weight is 180 g/mol. The van der Waals surface area contributed by atoms with Gasteiger partial charge in [0, 0.05) is 6.04 Å². The topological polar surface area (TPSA) is 86.2 Å². The van der Waals surface area contributed by atoms with Crippen LogP contribution in [0.15, 0.2) is 0 Å². The maximum absolute atomic E-state index is 10.5. The predicted octanol–water partition coefficient (Wildman–Crippen LogP) is -0.352. The highest BCUT2D eigenvalue weighted by molar-refractivity contribution is 7.89. The number of nitrogens with two attached hydrogens (primary N) is 2. The first-order valence-electron chi connectivity index (χ1n) is 3.57. The number of sulfonamides is 1. The molecule has 1 atom stereocenters. The fraction of sp³-hybridized carbons (Fsp3) is 1.00. The normalized spacial score (nSPS) is 15.4. The van der Waals surface area contributed by atoms with Crippen molar-refractivity contribution < 1.29 is 8.42 Å². The Balaban J connectivity index is 3.80. The Morgan fingerprint density at radius 3 is 2.09 bits per heavy atom. The van der Waals surface area contributed by atoms with Gasteiger partial charge < -0.3 is 5.73 Å². The van der Waals surface area contributed by atoms with E-state index in [2.05, 4.69) is 0 Å². The zero-order valence-corrected chi connectivity index (χ0v) is 7.76. The largest absolute Gasteiger partial charge is 0.327 e. The summed E-state index contributed by atoms with van der Waals surface area (Å²) in [6, 6.07) is -0.329. The lowest BCUT2D eigenvalue weighted by Crippen LogP contribution is -2.34. The Morgan fingerprint density at radius 1 is 1.36 bits per heavy atom. The van der Waals surface area contributed by atoms with Crippen molar-refractivity contribution >= 4 is 10.0 Å². The van der Waals surface area contributed by atoms with Crippen LogP contribution in [0.25, 0.3) is 0 Å². The molecular formula is C6H16N2O2S. The third kappa shape index (κ3) is 7.77. The van der Waals surface area contributed by atoms with Crippen molar-refractivity contribution in [1.82, 2.24) is 0 Å². The van der Waals surface area contributed by atoms with Crippen LogP contribution in [0.5, 0.6) is 0 Å². The molecule has 0 spiro atoms. The molecule has 0 aromatic heterocycles. The number of rotatable bonds is 4. The Hall–Kier alpha value is -0.130. The smallest absolute Gasteiger partial charge is 0.210 e. The molecule has 5 heteroatoms. The Morgan fingerprint density at radius 2 is 1.82 bits per heavy atom. The maximum Gasteiger partial charge on any atom is 0.210 e. The fourth-order valence-corrected chi connectivity index (χ4v) is 1.70. The van der Waals surface area contributed by atoms with E-state index in [1.54, 1.807) is 0 Å². The Bertz CT molecular complexity index is 199. The summed E-state index contributed by atoms with van der Waals surface area (Å²) in [4.78, 5) is 0. The molecule has 0 aliphatic rings. The fourth-order valence-electron chi connectivity index (χ4n) is 0.972. The van der Waals surface area contributed by atoms with Crippen molar-refractivity contribution in [2.45, 2.75) is 26.3 Å². The second kappa shape index (κ2) is 4.04. The highest BCUT2D eigenvalue weighted by Gasteiger charge is 2.12. The summed E-state index contributed by atoms with van der Waals surface area (Å²) in [6.45, 7) is 3.98. The lowest BCUT2D eigenvalue weighted by molar-refractivity contribution is 0.513. The summed E-state index contributed by atoms with van der Waals surface area (Å²) < 4.78 is 21.0. The van der Waals surface area contributed by atoms with Gasteiger partial charge in [-0.3, -0.25) is 0 Å². The van der Waals surface area contributed by atoms with E-state index in [1.807, 2.05) is 13.8 Å². The third-order valence-electron chi connectivity index (χ3n) is 1.22. The second-order valence-electron chi connectivity index (χ2n) is 3.22. The molecule has 0 bridgehead atoms. The zero-order valence-electron chi connectivity index (χ0n) is 6.95. The van der Waals surface area contributed by atoms with Gasteiger partial charge in [-0.15, -0.1) is 0 Å². The first-order valence-corrected chi connectivity index (χ1v) is 5.29. The summed E-state index contributed by atoms with van der Waals surface area (Å²) in [6.07, 6.45) is 0.691. The van der Waals surface area contributed by atoms with E-state index in [9.17, 15) is 8.42 Å². The van der Waals surface area contributed by atoms with Gasteiger partial charge in [0.15, 0.2) is 0 Å². The molecule has 0 fully saturated rings. The number of hydrogen-bond acceptors (Lipinski definition) is 3. The van der Waals surface area contributed by atoms with Crippen LogP contribution in [0, 0.1) is 5.92 Å².